The number of nitrogens with one attached hydrogen (secondary N) is 1. The van der Waals surface area contributed by atoms with Crippen LogP contribution in [-0.2, 0) is 22.7 Å². The van der Waals surface area contributed by atoms with Gasteiger partial charge in [-0.05, 0) is 30.2 Å². The molecule has 1 N–H and O–H groups in total. The summed E-state index contributed by atoms with van der Waals surface area (Å²) in [5.74, 6) is -0.185. The van der Waals surface area contributed by atoms with Gasteiger partial charge in [0.05, 0.1) is 18.8 Å². The minimum atomic E-state index is -0.185. The Labute approximate surface area is 145 Å². The Bertz CT molecular complexity index is 860. The minimum Gasteiger partial charge on any atom is -0.367 e. The van der Waals surface area contributed by atoms with E-state index >= 15 is 0 Å². The van der Waals surface area contributed by atoms with E-state index in [1.807, 2.05) is 54.0 Å². The number of nitrogens with zero attached hydrogens (tertiary/aromatic N) is 2. The molecule has 1 amide bonds. The number of amides is 1. The van der Waals surface area contributed by atoms with E-state index in [2.05, 4.69) is 10.3 Å². The van der Waals surface area contributed by atoms with Gasteiger partial charge in [0.25, 0.3) is 0 Å². The summed E-state index contributed by atoms with van der Waals surface area (Å²) >= 11 is 6.04. The molecule has 0 unspecified atom stereocenters. The quantitative estimate of drug-likeness (QED) is 0.748. The summed E-state index contributed by atoms with van der Waals surface area (Å²) in [6, 6.07) is 11.4. The van der Waals surface area contributed by atoms with Gasteiger partial charge in [0.2, 0.25) is 5.91 Å². The number of hydrogen-bond acceptors (Lipinski definition) is 3. The number of ether oxygens (including phenoxy) is 1. The third-order valence-corrected chi connectivity index (χ3v) is 3.93. The summed E-state index contributed by atoms with van der Waals surface area (Å²) in [6.07, 6.45) is 3.91. The lowest BCUT2D eigenvalue weighted by molar-refractivity contribution is -0.126. The number of rotatable bonds is 6. The molecule has 0 aliphatic carbocycles. The van der Waals surface area contributed by atoms with Crippen LogP contribution in [0.3, 0.4) is 0 Å². The number of aryl methyl sites for hydroxylation is 1. The number of imidazole rings is 1. The van der Waals surface area contributed by atoms with Crippen LogP contribution in [0.4, 0.5) is 0 Å². The standard InChI is InChI=1S/C18H18ClN3O2/c1-13-6-7-17-21-15(10-22(17)9-13)8-20-18(23)12-24-11-14-4-2-3-5-16(14)19/h2-7,9-10H,8,11-12H2,1H3,(H,20,23). The van der Waals surface area contributed by atoms with Crippen LogP contribution >= 0.6 is 11.6 Å². The summed E-state index contributed by atoms with van der Waals surface area (Å²) in [5.41, 5.74) is 3.69. The smallest absolute Gasteiger partial charge is 0.246 e. The fourth-order valence-corrected chi connectivity index (χ4v) is 2.54. The molecule has 124 valence electrons. The minimum absolute atomic E-state index is 0.0162. The topological polar surface area (TPSA) is 55.6 Å². The van der Waals surface area contributed by atoms with Crippen LogP contribution in [0.25, 0.3) is 5.65 Å². The van der Waals surface area contributed by atoms with Crippen LogP contribution in [0.2, 0.25) is 5.02 Å². The Balaban J connectivity index is 1.47. The van der Waals surface area contributed by atoms with Crippen LogP contribution in [0, 0.1) is 6.92 Å². The molecule has 5 nitrogen and oxygen atoms in total. The van der Waals surface area contributed by atoms with E-state index in [-0.39, 0.29) is 12.5 Å². The maximum Gasteiger partial charge on any atom is 0.246 e. The molecule has 0 radical (unpaired) electrons. The molecule has 2 aromatic heterocycles. The zero-order valence-electron chi connectivity index (χ0n) is 13.3. The summed E-state index contributed by atoms with van der Waals surface area (Å²) < 4.78 is 7.35. The lowest BCUT2D eigenvalue weighted by atomic mass is 10.2. The maximum absolute atomic E-state index is 11.9. The van der Waals surface area contributed by atoms with Crippen molar-refractivity contribution in [2.45, 2.75) is 20.1 Å². The predicted octanol–water partition coefficient (Wildman–Crippen LogP) is 3.13. The van der Waals surface area contributed by atoms with Crippen molar-refractivity contribution in [1.82, 2.24) is 14.7 Å². The van der Waals surface area contributed by atoms with Gasteiger partial charge in [-0.25, -0.2) is 4.98 Å². The monoisotopic (exact) mass is 343 g/mol. The largest absolute Gasteiger partial charge is 0.367 e. The molecule has 0 aliphatic heterocycles. The first-order valence-electron chi connectivity index (χ1n) is 7.64. The van der Waals surface area contributed by atoms with Crippen molar-refractivity contribution in [3.8, 4) is 0 Å². The number of carbonyl (C=O) groups excluding carboxylic acids is 1. The third-order valence-electron chi connectivity index (χ3n) is 3.56. The Morgan fingerprint density at radius 2 is 2.08 bits per heavy atom. The highest BCUT2D eigenvalue weighted by atomic mass is 35.5. The summed E-state index contributed by atoms with van der Waals surface area (Å²) in [7, 11) is 0. The molecule has 0 saturated carbocycles. The van der Waals surface area contributed by atoms with Gasteiger partial charge in [0.15, 0.2) is 0 Å². The molecule has 2 heterocycles. The number of pyridine rings is 1. The second-order valence-corrected chi connectivity index (χ2v) is 5.97. The highest BCUT2D eigenvalue weighted by molar-refractivity contribution is 6.31. The van der Waals surface area contributed by atoms with Gasteiger partial charge in [-0.2, -0.15) is 0 Å². The fourth-order valence-electron chi connectivity index (χ4n) is 2.35. The Morgan fingerprint density at radius 3 is 2.92 bits per heavy atom. The zero-order valence-corrected chi connectivity index (χ0v) is 14.1. The summed E-state index contributed by atoms with van der Waals surface area (Å²) in [4.78, 5) is 16.3. The molecule has 1 aromatic carbocycles. The van der Waals surface area contributed by atoms with Gasteiger partial charge in [0.1, 0.15) is 12.3 Å². The van der Waals surface area contributed by atoms with Crippen molar-refractivity contribution in [3.05, 3.63) is 70.6 Å². The molecule has 3 aromatic rings. The van der Waals surface area contributed by atoms with Gasteiger partial charge in [-0.15, -0.1) is 0 Å². The second-order valence-electron chi connectivity index (χ2n) is 5.57. The number of carbonyl (C=O) groups is 1. The summed E-state index contributed by atoms with van der Waals surface area (Å²) in [6.45, 7) is 2.69. The number of benzene rings is 1. The molecule has 0 spiro atoms. The van der Waals surface area contributed by atoms with Crippen molar-refractivity contribution in [2.24, 2.45) is 0 Å². The first-order valence-corrected chi connectivity index (χ1v) is 8.02. The lowest BCUT2D eigenvalue weighted by Crippen LogP contribution is -2.27. The average Bonchev–Trinajstić information content (AvgIpc) is 2.97. The SMILES string of the molecule is Cc1ccc2nc(CNC(=O)COCc3ccccc3Cl)cn2c1. The second kappa shape index (κ2) is 7.47. The van der Waals surface area contributed by atoms with Crippen molar-refractivity contribution in [1.29, 1.82) is 0 Å². The van der Waals surface area contributed by atoms with Gasteiger partial charge in [-0.3, -0.25) is 4.79 Å². The number of halogens is 1. The summed E-state index contributed by atoms with van der Waals surface area (Å²) in [5, 5.41) is 3.44. The normalized spacial score (nSPS) is 10.9. The first kappa shape index (κ1) is 16.5. The van der Waals surface area contributed by atoms with Crippen molar-refractivity contribution in [2.75, 3.05) is 6.61 Å². The van der Waals surface area contributed by atoms with Crippen LogP contribution in [0.15, 0.2) is 48.8 Å². The van der Waals surface area contributed by atoms with Gasteiger partial charge >= 0.3 is 0 Å². The van der Waals surface area contributed by atoms with E-state index in [4.69, 9.17) is 16.3 Å². The number of aromatic nitrogens is 2. The predicted molar refractivity (Wildman–Crippen MR) is 92.9 cm³/mol. The zero-order chi connectivity index (χ0) is 16.9. The van der Waals surface area contributed by atoms with Crippen LogP contribution in [0.1, 0.15) is 16.8 Å². The van der Waals surface area contributed by atoms with E-state index in [0.717, 1.165) is 22.5 Å². The Kier molecular flexibility index (Phi) is 5.13. The van der Waals surface area contributed by atoms with E-state index in [1.165, 1.54) is 0 Å². The number of fused-ring (bicyclic) bond motifs is 1. The highest BCUT2D eigenvalue weighted by Crippen LogP contribution is 2.15. The molecule has 0 saturated heterocycles. The van der Waals surface area contributed by atoms with Crippen LogP contribution < -0.4 is 5.32 Å². The average molecular weight is 344 g/mol. The molecule has 0 aliphatic rings. The maximum atomic E-state index is 11.9. The van der Waals surface area contributed by atoms with Crippen molar-refractivity contribution >= 4 is 23.2 Å². The Hall–Kier alpha value is -2.37. The molecular weight excluding hydrogens is 326 g/mol. The Morgan fingerprint density at radius 1 is 1.25 bits per heavy atom. The van der Waals surface area contributed by atoms with Crippen LogP contribution in [0.5, 0.6) is 0 Å². The van der Waals surface area contributed by atoms with Crippen molar-refractivity contribution < 1.29 is 9.53 Å². The van der Waals surface area contributed by atoms with Gasteiger partial charge < -0.3 is 14.5 Å². The molecule has 6 heteroatoms. The molecule has 24 heavy (non-hydrogen) atoms. The molecule has 3 rings (SSSR count). The van der Waals surface area contributed by atoms with E-state index in [9.17, 15) is 4.79 Å². The van der Waals surface area contributed by atoms with E-state index in [1.54, 1.807) is 6.07 Å². The lowest BCUT2D eigenvalue weighted by Gasteiger charge is -2.06. The number of hydrogen-bond donors (Lipinski definition) is 1. The molecule has 0 bridgehead atoms. The van der Waals surface area contributed by atoms with Gasteiger partial charge in [-0.1, -0.05) is 35.9 Å². The highest BCUT2D eigenvalue weighted by Gasteiger charge is 2.06. The molecule has 0 atom stereocenters. The molecule has 0 fully saturated rings. The van der Waals surface area contributed by atoms with Gasteiger partial charge in [0, 0.05) is 17.4 Å². The third kappa shape index (κ3) is 4.13. The fraction of sp³-hybridized carbons (Fsp3) is 0.222. The van der Waals surface area contributed by atoms with E-state index < -0.39 is 0 Å². The first-order chi connectivity index (χ1) is 11.6. The van der Waals surface area contributed by atoms with Crippen LogP contribution in [-0.4, -0.2) is 21.9 Å². The van der Waals surface area contributed by atoms with Crippen molar-refractivity contribution in [3.63, 3.8) is 0 Å². The van der Waals surface area contributed by atoms with E-state index in [0.29, 0.717) is 18.2 Å². The molecular formula is C18H18ClN3O2.